The molecule has 1 aliphatic rings. The van der Waals surface area contributed by atoms with E-state index in [1.165, 1.54) is 0 Å². The van der Waals surface area contributed by atoms with Gasteiger partial charge in [-0.1, -0.05) is 23.7 Å². The molecule has 3 rings (SSSR count). The summed E-state index contributed by atoms with van der Waals surface area (Å²) < 4.78 is 2.02. The molecule has 0 unspecified atom stereocenters. The number of carbonyl (C=O) groups excluding carboxylic acids is 1. The van der Waals surface area contributed by atoms with Gasteiger partial charge in [-0.2, -0.15) is 0 Å². The Labute approximate surface area is 147 Å². The maximum Gasteiger partial charge on any atom is 0.318 e. The molecule has 0 saturated heterocycles. The van der Waals surface area contributed by atoms with Crippen LogP contribution in [0.3, 0.4) is 0 Å². The van der Waals surface area contributed by atoms with Crippen LogP contribution in [0.2, 0.25) is 5.02 Å². The zero-order valence-electron chi connectivity index (χ0n) is 13.9. The molecule has 1 saturated carbocycles. The van der Waals surface area contributed by atoms with Crippen LogP contribution in [0.1, 0.15) is 37.8 Å². The average Bonchev–Trinajstić information content (AvgIpc) is 3.26. The normalized spacial score (nSPS) is 15.1. The van der Waals surface area contributed by atoms with E-state index in [0.717, 1.165) is 31.4 Å². The lowest BCUT2D eigenvalue weighted by Gasteiger charge is -2.30. The van der Waals surface area contributed by atoms with Crippen LogP contribution in [0.5, 0.6) is 0 Å². The van der Waals surface area contributed by atoms with Gasteiger partial charge in [-0.25, -0.2) is 9.78 Å². The monoisotopic (exact) mass is 346 g/mol. The van der Waals surface area contributed by atoms with Crippen LogP contribution >= 0.6 is 11.6 Å². The maximum absolute atomic E-state index is 12.6. The predicted octanol–water partition coefficient (Wildman–Crippen LogP) is 3.86. The third-order valence-electron chi connectivity index (χ3n) is 4.37. The Bertz CT molecular complexity index is 652. The summed E-state index contributed by atoms with van der Waals surface area (Å²) in [5.41, 5.74) is 1.11. The molecule has 2 amide bonds. The quantitative estimate of drug-likeness (QED) is 0.774. The second-order valence-electron chi connectivity index (χ2n) is 6.25. The molecule has 1 aromatic heterocycles. The summed E-state index contributed by atoms with van der Waals surface area (Å²) in [5, 5.41) is 3.77. The third kappa shape index (κ3) is 4.29. The second kappa shape index (κ2) is 7.71. The fraction of sp³-hybridized carbons (Fsp3) is 0.444. The molecule has 5 nitrogen and oxygen atoms in total. The first-order valence-corrected chi connectivity index (χ1v) is 8.80. The van der Waals surface area contributed by atoms with Crippen LogP contribution in [-0.2, 0) is 6.54 Å². The molecule has 0 radical (unpaired) electrons. The Morgan fingerprint density at radius 3 is 2.79 bits per heavy atom. The maximum atomic E-state index is 12.6. The van der Waals surface area contributed by atoms with Crippen molar-refractivity contribution in [2.24, 2.45) is 0 Å². The van der Waals surface area contributed by atoms with E-state index < -0.39 is 0 Å². The smallest absolute Gasteiger partial charge is 0.318 e. The highest BCUT2D eigenvalue weighted by molar-refractivity contribution is 6.30. The van der Waals surface area contributed by atoms with Crippen LogP contribution in [0.25, 0.3) is 0 Å². The van der Waals surface area contributed by atoms with Crippen LogP contribution in [0.4, 0.5) is 4.79 Å². The van der Waals surface area contributed by atoms with Crippen molar-refractivity contribution >= 4 is 17.6 Å². The lowest BCUT2D eigenvalue weighted by atomic mass is 10.1. The van der Waals surface area contributed by atoms with Crippen LogP contribution in [0, 0.1) is 0 Å². The number of aryl methyl sites for hydroxylation is 1. The fourth-order valence-electron chi connectivity index (χ4n) is 2.88. The summed E-state index contributed by atoms with van der Waals surface area (Å²) in [5.74, 6) is 0. The van der Waals surface area contributed by atoms with Gasteiger partial charge < -0.3 is 14.8 Å². The van der Waals surface area contributed by atoms with Crippen LogP contribution in [-0.4, -0.2) is 33.1 Å². The number of nitrogens with one attached hydrogen (secondary N) is 1. The minimum absolute atomic E-state index is 0.0191. The van der Waals surface area contributed by atoms with Crippen molar-refractivity contribution in [2.75, 3.05) is 6.54 Å². The Balaban J connectivity index is 1.54. The molecule has 1 aliphatic carbocycles. The number of rotatable bonds is 7. The largest absolute Gasteiger partial charge is 0.338 e. The molecule has 1 fully saturated rings. The van der Waals surface area contributed by atoms with Crippen LogP contribution in [0.15, 0.2) is 43.0 Å². The van der Waals surface area contributed by atoms with E-state index >= 15 is 0 Å². The van der Waals surface area contributed by atoms with E-state index in [1.807, 2.05) is 39.9 Å². The van der Waals surface area contributed by atoms with Gasteiger partial charge in [0, 0.05) is 36.5 Å². The third-order valence-corrected chi connectivity index (χ3v) is 4.62. The topological polar surface area (TPSA) is 50.2 Å². The van der Waals surface area contributed by atoms with Crippen molar-refractivity contribution in [1.82, 2.24) is 19.8 Å². The van der Waals surface area contributed by atoms with Gasteiger partial charge in [0.05, 0.1) is 12.4 Å². The molecule has 128 valence electrons. The van der Waals surface area contributed by atoms with Crippen LogP contribution < -0.4 is 5.32 Å². The van der Waals surface area contributed by atoms with E-state index in [4.69, 9.17) is 11.6 Å². The number of benzene rings is 1. The number of hydrogen-bond donors (Lipinski definition) is 1. The summed E-state index contributed by atoms with van der Waals surface area (Å²) in [6, 6.07) is 8.16. The van der Waals surface area contributed by atoms with E-state index in [9.17, 15) is 4.79 Å². The van der Waals surface area contributed by atoms with Crippen molar-refractivity contribution < 1.29 is 4.79 Å². The molecule has 1 atom stereocenters. The number of aromatic nitrogens is 2. The van der Waals surface area contributed by atoms with Crippen molar-refractivity contribution in [1.29, 1.82) is 0 Å². The molecule has 2 aromatic rings. The minimum Gasteiger partial charge on any atom is -0.338 e. The second-order valence-corrected chi connectivity index (χ2v) is 6.69. The Morgan fingerprint density at radius 1 is 1.42 bits per heavy atom. The first-order valence-electron chi connectivity index (χ1n) is 8.42. The molecule has 0 aliphatic heterocycles. The van der Waals surface area contributed by atoms with Gasteiger partial charge in [-0.15, -0.1) is 0 Å². The summed E-state index contributed by atoms with van der Waals surface area (Å²) in [7, 11) is 0. The molecule has 1 aromatic carbocycles. The Hall–Kier alpha value is -2.01. The number of urea groups is 1. The number of hydrogen-bond acceptors (Lipinski definition) is 2. The number of nitrogens with zero attached hydrogens (tertiary/aromatic N) is 3. The molecular weight excluding hydrogens is 324 g/mol. The molecule has 24 heavy (non-hydrogen) atoms. The van der Waals surface area contributed by atoms with E-state index in [-0.39, 0.29) is 12.1 Å². The highest BCUT2D eigenvalue weighted by Crippen LogP contribution is 2.34. The molecular formula is C18H23ClN4O. The highest BCUT2D eigenvalue weighted by Gasteiger charge is 2.36. The van der Waals surface area contributed by atoms with Gasteiger partial charge in [0.25, 0.3) is 0 Å². The predicted molar refractivity (Wildman–Crippen MR) is 95.0 cm³/mol. The van der Waals surface area contributed by atoms with Gasteiger partial charge in [-0.05, 0) is 43.9 Å². The number of halogens is 1. The van der Waals surface area contributed by atoms with Gasteiger partial charge in [0.1, 0.15) is 0 Å². The van der Waals surface area contributed by atoms with Gasteiger partial charge >= 0.3 is 6.03 Å². The Kier molecular flexibility index (Phi) is 5.41. The SMILES string of the molecule is C[C@@H](c1ccc(Cl)cc1)N(C(=O)NCCCn1ccnc1)C1CC1. The zero-order valence-corrected chi connectivity index (χ0v) is 14.6. The van der Waals surface area contributed by atoms with E-state index in [0.29, 0.717) is 17.6 Å². The summed E-state index contributed by atoms with van der Waals surface area (Å²) in [6.45, 7) is 3.59. The van der Waals surface area contributed by atoms with Crippen molar-refractivity contribution in [3.8, 4) is 0 Å². The standard InChI is InChI=1S/C18H23ClN4O/c1-14(15-3-5-16(19)6-4-15)23(17-7-8-17)18(24)21-9-2-11-22-12-10-20-13-22/h3-6,10,12-14,17H,2,7-9,11H2,1H3,(H,21,24)/t14-/m0/s1. The summed E-state index contributed by atoms with van der Waals surface area (Å²) >= 11 is 5.96. The van der Waals surface area contributed by atoms with E-state index in [2.05, 4.69) is 17.2 Å². The lowest BCUT2D eigenvalue weighted by molar-refractivity contribution is 0.175. The number of imidazole rings is 1. The minimum atomic E-state index is 0.0191. The summed E-state index contributed by atoms with van der Waals surface area (Å²) in [6.07, 6.45) is 8.54. The number of carbonyl (C=O) groups is 1. The molecule has 6 heteroatoms. The number of amides is 2. The lowest BCUT2D eigenvalue weighted by Crippen LogP contribution is -2.43. The first-order chi connectivity index (χ1) is 11.6. The average molecular weight is 347 g/mol. The van der Waals surface area contributed by atoms with Gasteiger partial charge in [-0.3, -0.25) is 0 Å². The van der Waals surface area contributed by atoms with Gasteiger partial charge in [0.15, 0.2) is 0 Å². The molecule has 0 bridgehead atoms. The zero-order chi connectivity index (χ0) is 16.9. The molecule has 1 N–H and O–H groups in total. The Morgan fingerprint density at radius 2 is 2.17 bits per heavy atom. The highest BCUT2D eigenvalue weighted by atomic mass is 35.5. The summed E-state index contributed by atoms with van der Waals surface area (Å²) in [4.78, 5) is 18.6. The van der Waals surface area contributed by atoms with Crippen molar-refractivity contribution in [2.45, 2.75) is 44.8 Å². The van der Waals surface area contributed by atoms with Crippen molar-refractivity contribution in [3.63, 3.8) is 0 Å². The van der Waals surface area contributed by atoms with E-state index in [1.54, 1.807) is 12.5 Å². The first kappa shape index (κ1) is 16.8. The molecule has 1 heterocycles. The fourth-order valence-corrected chi connectivity index (χ4v) is 3.01. The van der Waals surface area contributed by atoms with Gasteiger partial charge in [0.2, 0.25) is 0 Å². The molecule has 0 spiro atoms. The van der Waals surface area contributed by atoms with Crippen molar-refractivity contribution in [3.05, 3.63) is 53.6 Å².